The maximum Gasteiger partial charge on any atom is 0.427 e. The van der Waals surface area contributed by atoms with E-state index in [9.17, 15) is 9.00 Å². The summed E-state index contributed by atoms with van der Waals surface area (Å²) in [5.41, 5.74) is 2.89. The molecule has 0 aliphatic rings. The first-order valence-corrected chi connectivity index (χ1v) is 6.87. The second kappa shape index (κ2) is 5.51. The largest absolute Gasteiger partial charge is 0.427 e. The predicted octanol–water partition coefficient (Wildman–Crippen LogP) is 2.86. The molecule has 0 spiro atoms. The fourth-order valence-electron chi connectivity index (χ4n) is 1.32. The van der Waals surface area contributed by atoms with Crippen molar-refractivity contribution in [1.82, 2.24) is 4.31 Å². The second-order valence-corrected chi connectivity index (χ2v) is 5.53. The van der Waals surface area contributed by atoms with Gasteiger partial charge in [0.05, 0.1) is 0 Å². The first-order valence-electron chi connectivity index (χ1n) is 4.94. The van der Waals surface area contributed by atoms with Gasteiger partial charge in [0.15, 0.2) is 0 Å². The molecule has 0 bridgehead atoms. The number of nitrogens with zero attached hydrogens (tertiary/aromatic N) is 1. The molecular weight excluding hydrogens is 262 g/mol. The summed E-state index contributed by atoms with van der Waals surface area (Å²) in [6.45, 7) is 5.70. The Morgan fingerprint density at radius 3 is 2.47 bits per heavy atom. The highest BCUT2D eigenvalue weighted by molar-refractivity contribution is 8.06. The number of rotatable bonds is 2. The lowest BCUT2D eigenvalue weighted by atomic mass is 10.1. The van der Waals surface area contributed by atoms with E-state index in [2.05, 4.69) is 0 Å². The fraction of sp³-hybridized carbons (Fsp3) is 0.364. The number of carbonyl (C=O) groups is 1. The molecule has 17 heavy (non-hydrogen) atoms. The number of hydrogen-bond donors (Lipinski definition) is 0. The Bertz CT molecular complexity index is 476. The number of hydrogen-bond acceptors (Lipinski definition) is 3. The van der Waals surface area contributed by atoms with Crippen LogP contribution in [0.2, 0.25) is 0 Å². The standard InChI is InChI=1S/C11H14ClNO3S/c1-7-5-8(2)9(3)10(6-7)16-11(14)13(4)17(12)15/h5-6H,1-4H3. The molecule has 1 aromatic rings. The molecule has 1 atom stereocenters. The van der Waals surface area contributed by atoms with Crippen LogP contribution in [0.5, 0.6) is 5.75 Å². The zero-order valence-electron chi connectivity index (χ0n) is 10.1. The zero-order valence-corrected chi connectivity index (χ0v) is 11.7. The minimum Gasteiger partial charge on any atom is -0.409 e. The first kappa shape index (κ1) is 14.0. The molecule has 0 radical (unpaired) electrons. The normalized spacial score (nSPS) is 12.1. The average Bonchev–Trinajstić information content (AvgIpc) is 2.23. The van der Waals surface area contributed by atoms with Crippen LogP contribution in [0.4, 0.5) is 4.79 Å². The topological polar surface area (TPSA) is 46.6 Å². The maximum absolute atomic E-state index is 11.6. The Morgan fingerprint density at radius 1 is 1.35 bits per heavy atom. The van der Waals surface area contributed by atoms with Gasteiger partial charge in [-0.25, -0.2) is 13.3 Å². The van der Waals surface area contributed by atoms with Crippen LogP contribution in [0.15, 0.2) is 12.1 Å². The van der Waals surface area contributed by atoms with Gasteiger partial charge >= 0.3 is 6.09 Å². The summed E-state index contributed by atoms with van der Waals surface area (Å²) < 4.78 is 16.9. The molecule has 1 aromatic carbocycles. The van der Waals surface area contributed by atoms with Crippen molar-refractivity contribution in [2.75, 3.05) is 7.05 Å². The quantitative estimate of drug-likeness (QED) is 0.780. The van der Waals surface area contributed by atoms with Gasteiger partial charge < -0.3 is 4.74 Å². The van der Waals surface area contributed by atoms with Crippen LogP contribution in [0, 0.1) is 20.8 Å². The van der Waals surface area contributed by atoms with Gasteiger partial charge in [-0.3, -0.25) is 0 Å². The predicted molar refractivity (Wildman–Crippen MR) is 68.4 cm³/mol. The SMILES string of the molecule is Cc1cc(C)c(C)c(OC(=O)N(C)S(=O)Cl)c1. The van der Waals surface area contributed by atoms with Crippen molar-refractivity contribution >= 4 is 27.0 Å². The van der Waals surface area contributed by atoms with Crippen LogP contribution in [0.1, 0.15) is 16.7 Å². The molecule has 0 aliphatic heterocycles. The number of carbonyl (C=O) groups excluding carboxylic acids is 1. The van der Waals surface area contributed by atoms with Crippen molar-refractivity contribution in [3.05, 3.63) is 28.8 Å². The molecule has 1 amide bonds. The third-order valence-corrected chi connectivity index (χ3v) is 3.63. The van der Waals surface area contributed by atoms with Crippen molar-refractivity contribution in [2.45, 2.75) is 20.8 Å². The summed E-state index contributed by atoms with van der Waals surface area (Å²) in [5, 5.41) is 0. The maximum atomic E-state index is 11.6. The van der Waals surface area contributed by atoms with Crippen LogP contribution in [0.25, 0.3) is 0 Å². The Hall–Kier alpha value is -1.07. The molecule has 0 N–H and O–H groups in total. The van der Waals surface area contributed by atoms with Gasteiger partial charge in [-0.1, -0.05) is 6.07 Å². The Kier molecular flexibility index (Phi) is 4.54. The fourth-order valence-corrected chi connectivity index (χ4v) is 1.65. The molecule has 0 saturated heterocycles. The number of halogens is 1. The highest BCUT2D eigenvalue weighted by Gasteiger charge is 2.17. The van der Waals surface area contributed by atoms with Gasteiger partial charge in [-0.2, -0.15) is 0 Å². The Balaban J connectivity index is 2.96. The molecular formula is C11H14ClNO3S. The van der Waals surface area contributed by atoms with Crippen molar-refractivity contribution < 1.29 is 13.7 Å². The number of benzene rings is 1. The van der Waals surface area contributed by atoms with Crippen LogP contribution in [-0.2, 0) is 10.2 Å². The van der Waals surface area contributed by atoms with E-state index in [-0.39, 0.29) is 0 Å². The van der Waals surface area contributed by atoms with Crippen molar-refractivity contribution in [2.24, 2.45) is 0 Å². The van der Waals surface area contributed by atoms with Gasteiger partial charge in [0.25, 0.3) is 0 Å². The third kappa shape index (κ3) is 3.44. The molecule has 6 heteroatoms. The first-order chi connectivity index (χ1) is 7.82. The van der Waals surface area contributed by atoms with Crippen LogP contribution in [0.3, 0.4) is 0 Å². The summed E-state index contributed by atoms with van der Waals surface area (Å²) in [6.07, 6.45) is -0.744. The van der Waals surface area contributed by atoms with Crippen LogP contribution >= 0.6 is 10.7 Å². The average molecular weight is 276 g/mol. The van der Waals surface area contributed by atoms with E-state index in [1.54, 1.807) is 6.07 Å². The summed E-state index contributed by atoms with van der Waals surface area (Å²) in [6, 6.07) is 3.75. The molecule has 4 nitrogen and oxygen atoms in total. The van der Waals surface area contributed by atoms with E-state index in [0.717, 1.165) is 21.0 Å². The van der Waals surface area contributed by atoms with Gasteiger partial charge in [0, 0.05) is 17.7 Å². The molecule has 0 aromatic heterocycles. The third-order valence-electron chi connectivity index (χ3n) is 2.43. The second-order valence-electron chi connectivity index (χ2n) is 3.78. The summed E-state index contributed by atoms with van der Waals surface area (Å²) in [7, 11) is 4.70. The minimum absolute atomic E-state index is 0.460. The van der Waals surface area contributed by atoms with Gasteiger partial charge in [-0.15, -0.1) is 0 Å². The molecule has 1 rings (SSSR count). The van der Waals surface area contributed by atoms with Gasteiger partial charge in [0.2, 0.25) is 10.2 Å². The lowest BCUT2D eigenvalue weighted by Crippen LogP contribution is -2.29. The van der Waals surface area contributed by atoms with Gasteiger partial charge in [0.1, 0.15) is 5.75 Å². The molecule has 0 saturated carbocycles. The highest BCUT2D eigenvalue weighted by atomic mass is 35.7. The van der Waals surface area contributed by atoms with Gasteiger partial charge in [-0.05, 0) is 43.5 Å². The van der Waals surface area contributed by atoms with Crippen molar-refractivity contribution in [3.63, 3.8) is 0 Å². The van der Waals surface area contributed by atoms with E-state index >= 15 is 0 Å². The molecule has 1 unspecified atom stereocenters. The molecule has 0 fully saturated rings. The Morgan fingerprint density at radius 2 is 1.94 bits per heavy atom. The van der Waals surface area contributed by atoms with E-state index in [1.807, 2.05) is 26.8 Å². The van der Waals surface area contributed by atoms with Crippen molar-refractivity contribution in [3.8, 4) is 5.75 Å². The number of aryl methyl sites for hydroxylation is 2. The lowest BCUT2D eigenvalue weighted by Gasteiger charge is -2.14. The zero-order chi connectivity index (χ0) is 13.2. The molecule has 94 valence electrons. The van der Waals surface area contributed by atoms with Crippen LogP contribution in [-0.4, -0.2) is 21.7 Å². The van der Waals surface area contributed by atoms with Crippen LogP contribution < -0.4 is 4.74 Å². The summed E-state index contributed by atoms with van der Waals surface area (Å²) in [5.74, 6) is 0.460. The van der Waals surface area contributed by atoms with E-state index in [4.69, 9.17) is 15.4 Å². The van der Waals surface area contributed by atoms with E-state index in [1.165, 1.54) is 7.05 Å². The van der Waals surface area contributed by atoms with E-state index < -0.39 is 16.3 Å². The molecule has 0 aliphatic carbocycles. The smallest absolute Gasteiger partial charge is 0.409 e. The summed E-state index contributed by atoms with van der Waals surface area (Å²) in [4.78, 5) is 11.6. The van der Waals surface area contributed by atoms with Crippen molar-refractivity contribution in [1.29, 1.82) is 0 Å². The minimum atomic E-state index is -1.90. The summed E-state index contributed by atoms with van der Waals surface area (Å²) >= 11 is 0. The molecule has 0 heterocycles. The number of amides is 1. The number of ether oxygens (including phenoxy) is 1. The lowest BCUT2D eigenvalue weighted by molar-refractivity contribution is 0.186. The highest BCUT2D eigenvalue weighted by Crippen LogP contribution is 2.24. The van der Waals surface area contributed by atoms with E-state index in [0.29, 0.717) is 5.75 Å². The monoisotopic (exact) mass is 275 g/mol. The Labute approximate surface area is 108 Å².